The van der Waals surface area contributed by atoms with E-state index in [4.69, 9.17) is 0 Å². The summed E-state index contributed by atoms with van der Waals surface area (Å²) < 4.78 is 28.7. The molecule has 7 nitrogen and oxygen atoms in total. The van der Waals surface area contributed by atoms with Crippen molar-refractivity contribution >= 4 is 23.5 Å². The average Bonchev–Trinajstić information content (AvgIpc) is 2.93. The number of hydrogen-bond acceptors (Lipinski definition) is 4. The highest BCUT2D eigenvalue weighted by molar-refractivity contribution is 6.10. The Morgan fingerprint density at radius 1 is 1.26 bits per heavy atom. The van der Waals surface area contributed by atoms with Crippen molar-refractivity contribution in [3.63, 3.8) is 0 Å². The quantitative estimate of drug-likeness (QED) is 0.628. The van der Waals surface area contributed by atoms with Gasteiger partial charge >= 0.3 is 12.6 Å². The smallest absolute Gasteiger partial charge is 0.387 e. The average molecular weight is 437 g/mol. The summed E-state index contributed by atoms with van der Waals surface area (Å²) in [6.07, 6.45) is 3.87. The molecule has 1 aliphatic carbocycles. The number of benzene rings is 1. The molecule has 1 saturated heterocycles. The van der Waals surface area contributed by atoms with E-state index < -0.39 is 30.6 Å². The number of urea groups is 1. The largest absolute Gasteiger partial charge is 0.435 e. The third-order valence-corrected chi connectivity index (χ3v) is 6.77. The van der Waals surface area contributed by atoms with Crippen LogP contribution in [0.25, 0.3) is 0 Å². The van der Waals surface area contributed by atoms with Crippen LogP contribution in [0.5, 0.6) is 5.75 Å². The number of nitrogens with zero attached hydrogens (tertiary/aromatic N) is 1. The number of ether oxygens (including phenoxy) is 1. The van der Waals surface area contributed by atoms with Crippen LogP contribution in [-0.4, -0.2) is 41.4 Å². The molecule has 0 radical (unpaired) electrons. The van der Waals surface area contributed by atoms with E-state index in [9.17, 15) is 23.2 Å². The summed E-state index contributed by atoms with van der Waals surface area (Å²) in [5, 5.41) is 5.38. The monoisotopic (exact) mass is 437 g/mol. The number of imide groups is 1. The molecule has 2 N–H and O–H groups in total. The van der Waals surface area contributed by atoms with Gasteiger partial charge in [0.25, 0.3) is 5.91 Å². The zero-order chi connectivity index (χ0) is 22.8. The molecule has 9 heteroatoms. The molecule has 0 unspecified atom stereocenters. The van der Waals surface area contributed by atoms with Crippen molar-refractivity contribution in [1.29, 1.82) is 0 Å². The van der Waals surface area contributed by atoms with Gasteiger partial charge in [-0.05, 0) is 61.3 Å². The molecule has 1 aromatic carbocycles. The molecule has 2 fully saturated rings. The van der Waals surface area contributed by atoms with E-state index in [0.29, 0.717) is 24.4 Å². The number of anilines is 1. The minimum absolute atomic E-state index is 0.0362. The first-order valence-corrected chi connectivity index (χ1v) is 10.5. The van der Waals surface area contributed by atoms with Crippen LogP contribution in [0, 0.1) is 11.3 Å². The van der Waals surface area contributed by atoms with Crippen LogP contribution in [0.2, 0.25) is 0 Å². The van der Waals surface area contributed by atoms with Crippen LogP contribution >= 0.6 is 0 Å². The number of alkyl halides is 2. The van der Waals surface area contributed by atoms with Crippen molar-refractivity contribution < 1.29 is 27.9 Å². The van der Waals surface area contributed by atoms with Gasteiger partial charge in [0.1, 0.15) is 17.8 Å². The van der Waals surface area contributed by atoms with E-state index in [1.54, 1.807) is 0 Å². The molecule has 0 bridgehead atoms. The fourth-order valence-corrected chi connectivity index (χ4v) is 4.40. The second-order valence-electron chi connectivity index (χ2n) is 8.97. The van der Waals surface area contributed by atoms with E-state index in [-0.39, 0.29) is 17.1 Å². The highest BCUT2D eigenvalue weighted by atomic mass is 19.3. The van der Waals surface area contributed by atoms with Crippen molar-refractivity contribution in [2.75, 3.05) is 11.9 Å². The van der Waals surface area contributed by atoms with Crippen LogP contribution < -0.4 is 15.4 Å². The molecule has 0 atom stereocenters. The van der Waals surface area contributed by atoms with Gasteiger partial charge in [0.15, 0.2) is 0 Å². The lowest BCUT2D eigenvalue weighted by Crippen LogP contribution is -2.51. The maximum Gasteiger partial charge on any atom is 0.387 e. The van der Waals surface area contributed by atoms with E-state index in [0.717, 1.165) is 24.2 Å². The highest BCUT2D eigenvalue weighted by Crippen LogP contribution is 2.45. The van der Waals surface area contributed by atoms with Crippen molar-refractivity contribution in [2.45, 2.75) is 65.0 Å². The van der Waals surface area contributed by atoms with Gasteiger partial charge in [-0.15, -0.1) is 0 Å². The van der Waals surface area contributed by atoms with Gasteiger partial charge in [0.2, 0.25) is 5.91 Å². The summed E-state index contributed by atoms with van der Waals surface area (Å²) >= 11 is 0. The van der Waals surface area contributed by atoms with Crippen LogP contribution in [0.3, 0.4) is 0 Å². The van der Waals surface area contributed by atoms with Crippen LogP contribution in [0.15, 0.2) is 24.3 Å². The molecule has 0 aromatic heterocycles. The summed E-state index contributed by atoms with van der Waals surface area (Å²) in [5.41, 5.74) is -0.398. The number of carbonyl (C=O) groups is 3. The summed E-state index contributed by atoms with van der Waals surface area (Å²) in [5.74, 6) is -0.460. The molecule has 1 spiro atoms. The van der Waals surface area contributed by atoms with E-state index in [1.165, 1.54) is 24.3 Å². The number of rotatable bonds is 7. The van der Waals surface area contributed by atoms with E-state index in [1.807, 2.05) is 0 Å². The SMILES string of the molecule is CCC(C)(C)C1CCC2(CC1)NC(=O)N(CC(=O)Nc1ccc(OC(F)F)cc1)C2=O. The van der Waals surface area contributed by atoms with Gasteiger partial charge in [-0.3, -0.25) is 14.5 Å². The Morgan fingerprint density at radius 2 is 1.87 bits per heavy atom. The Kier molecular flexibility index (Phi) is 6.52. The number of nitrogens with one attached hydrogen (secondary N) is 2. The minimum atomic E-state index is -2.93. The lowest BCUT2D eigenvalue weighted by atomic mass is 9.65. The van der Waals surface area contributed by atoms with Crippen LogP contribution in [0.1, 0.15) is 52.9 Å². The Morgan fingerprint density at radius 3 is 2.42 bits per heavy atom. The summed E-state index contributed by atoms with van der Waals surface area (Å²) in [6, 6.07) is 4.83. The number of hydrogen-bond donors (Lipinski definition) is 2. The third kappa shape index (κ3) is 4.97. The second-order valence-corrected chi connectivity index (χ2v) is 8.97. The predicted octanol–water partition coefficient (Wildman–Crippen LogP) is 4.14. The second kappa shape index (κ2) is 8.80. The minimum Gasteiger partial charge on any atom is -0.435 e. The third-order valence-electron chi connectivity index (χ3n) is 6.77. The highest BCUT2D eigenvalue weighted by Gasteiger charge is 2.53. The Bertz CT molecular complexity index is 834. The lowest BCUT2D eigenvalue weighted by Gasteiger charge is -2.42. The Balaban J connectivity index is 1.58. The molecular weight excluding hydrogens is 408 g/mol. The number of halogens is 2. The van der Waals surface area contributed by atoms with Crippen molar-refractivity contribution in [2.24, 2.45) is 11.3 Å². The Hall–Kier alpha value is -2.71. The van der Waals surface area contributed by atoms with Crippen molar-refractivity contribution in [3.05, 3.63) is 24.3 Å². The van der Waals surface area contributed by atoms with Gasteiger partial charge < -0.3 is 15.4 Å². The molecule has 1 aromatic rings. The summed E-state index contributed by atoms with van der Waals surface area (Å²) in [4.78, 5) is 38.8. The normalized spacial score (nSPS) is 23.9. The standard InChI is InChI=1S/C22H29F2N3O4/c1-4-21(2,3)14-9-11-22(12-10-14)18(29)27(20(30)26-22)13-17(28)25-15-5-7-16(8-6-15)31-19(23)24/h5-8,14,19H,4,9-13H2,1-3H3,(H,25,28)(H,26,30). The van der Waals surface area contributed by atoms with Crippen molar-refractivity contribution in [3.8, 4) is 5.75 Å². The van der Waals surface area contributed by atoms with Gasteiger partial charge in [0.05, 0.1) is 0 Å². The van der Waals surface area contributed by atoms with E-state index in [2.05, 4.69) is 36.1 Å². The number of carbonyl (C=O) groups excluding carboxylic acids is 3. The molecule has 170 valence electrons. The Labute approximate surface area is 180 Å². The maximum atomic E-state index is 13.0. The summed E-state index contributed by atoms with van der Waals surface area (Å²) in [7, 11) is 0. The fourth-order valence-electron chi connectivity index (χ4n) is 4.40. The van der Waals surface area contributed by atoms with Gasteiger partial charge in [-0.25, -0.2) is 4.79 Å². The van der Waals surface area contributed by atoms with Gasteiger partial charge in [0, 0.05) is 5.69 Å². The van der Waals surface area contributed by atoms with E-state index >= 15 is 0 Å². The van der Waals surface area contributed by atoms with Gasteiger partial charge in [-0.1, -0.05) is 27.2 Å². The number of amides is 4. The van der Waals surface area contributed by atoms with Gasteiger partial charge in [-0.2, -0.15) is 8.78 Å². The first kappa shape index (κ1) is 23.0. The molecule has 4 amide bonds. The maximum absolute atomic E-state index is 13.0. The molecule has 3 rings (SSSR count). The zero-order valence-electron chi connectivity index (χ0n) is 18.0. The summed E-state index contributed by atoms with van der Waals surface area (Å²) in [6.45, 7) is 3.27. The zero-order valence-corrected chi connectivity index (χ0v) is 18.0. The topological polar surface area (TPSA) is 87.7 Å². The molecule has 1 aliphatic heterocycles. The predicted molar refractivity (Wildman–Crippen MR) is 111 cm³/mol. The first-order chi connectivity index (χ1) is 14.6. The fraction of sp³-hybridized carbons (Fsp3) is 0.591. The first-order valence-electron chi connectivity index (χ1n) is 10.5. The molecule has 1 saturated carbocycles. The molecule has 1 heterocycles. The lowest BCUT2D eigenvalue weighted by molar-refractivity contribution is -0.135. The van der Waals surface area contributed by atoms with Crippen LogP contribution in [-0.2, 0) is 9.59 Å². The van der Waals surface area contributed by atoms with Crippen LogP contribution in [0.4, 0.5) is 19.3 Å². The molecule has 2 aliphatic rings. The molecule has 31 heavy (non-hydrogen) atoms. The molecular formula is C22H29F2N3O4. The van der Waals surface area contributed by atoms with Crippen molar-refractivity contribution in [1.82, 2.24) is 10.2 Å².